The average molecular weight is 246 g/mol. The molecule has 100 valence electrons. The highest BCUT2D eigenvalue weighted by atomic mass is 16.3. The van der Waals surface area contributed by atoms with Crippen LogP contribution in [-0.2, 0) is 0 Å². The Hall–Kier alpha value is -1.24. The van der Waals surface area contributed by atoms with Gasteiger partial charge in [-0.15, -0.1) is 0 Å². The fraction of sp³-hybridized carbons (Fsp3) is 0.529. The highest BCUT2D eigenvalue weighted by Gasteiger charge is 2.14. The summed E-state index contributed by atoms with van der Waals surface area (Å²) in [5, 5.41) is 10.1. The van der Waals surface area contributed by atoms with E-state index >= 15 is 0 Å². The molecule has 1 rings (SSSR count). The molecule has 1 N–H and O–H groups in total. The fourth-order valence-electron chi connectivity index (χ4n) is 2.32. The molecule has 0 aromatic carbocycles. The molecular weight excluding hydrogens is 220 g/mol. The molecule has 0 aromatic rings. The zero-order valence-electron chi connectivity index (χ0n) is 11.6. The molecule has 1 heteroatoms. The fourth-order valence-corrected chi connectivity index (χ4v) is 2.32. The Balaban J connectivity index is 2.59. The number of rotatable bonds is 7. The number of allylic oxidation sites excluding steroid dienone is 6. The quantitative estimate of drug-likeness (QED) is 0.273. The van der Waals surface area contributed by atoms with Gasteiger partial charge in [0.2, 0.25) is 0 Å². The van der Waals surface area contributed by atoms with Crippen LogP contribution >= 0.6 is 0 Å². The van der Waals surface area contributed by atoms with E-state index in [1.807, 2.05) is 6.08 Å². The van der Waals surface area contributed by atoms with Crippen LogP contribution in [0.1, 0.15) is 51.9 Å². The summed E-state index contributed by atoms with van der Waals surface area (Å²) in [7, 11) is 0. The Morgan fingerprint density at radius 2 is 2.28 bits per heavy atom. The van der Waals surface area contributed by atoms with Crippen molar-refractivity contribution in [3.63, 3.8) is 0 Å². The summed E-state index contributed by atoms with van der Waals surface area (Å²) in [5.74, 6) is 0.731. The van der Waals surface area contributed by atoms with Crippen molar-refractivity contribution in [2.45, 2.75) is 51.9 Å². The van der Waals surface area contributed by atoms with Crippen LogP contribution in [-0.4, -0.2) is 5.11 Å². The second-order valence-corrected chi connectivity index (χ2v) is 4.91. The van der Waals surface area contributed by atoms with Gasteiger partial charge in [0, 0.05) is 11.5 Å². The minimum Gasteiger partial charge on any atom is -0.508 e. The molecule has 0 radical (unpaired) electrons. The Bertz CT molecular complexity index is 334. The molecule has 1 atom stereocenters. The van der Waals surface area contributed by atoms with E-state index < -0.39 is 0 Å². The van der Waals surface area contributed by atoms with Crippen molar-refractivity contribution in [1.82, 2.24) is 0 Å². The van der Waals surface area contributed by atoms with Gasteiger partial charge in [0.15, 0.2) is 0 Å². The average Bonchev–Trinajstić information content (AvgIpc) is 2.40. The summed E-state index contributed by atoms with van der Waals surface area (Å²) < 4.78 is 0. The molecule has 0 fully saturated rings. The predicted octanol–water partition coefficient (Wildman–Crippen LogP) is 5.48. The first kappa shape index (κ1) is 14.8. The van der Waals surface area contributed by atoms with Gasteiger partial charge in [-0.3, -0.25) is 0 Å². The van der Waals surface area contributed by atoms with E-state index in [9.17, 15) is 5.11 Å². The highest BCUT2D eigenvalue weighted by molar-refractivity contribution is 5.32. The highest BCUT2D eigenvalue weighted by Crippen LogP contribution is 2.27. The summed E-state index contributed by atoms with van der Waals surface area (Å²) in [6, 6.07) is 0. The monoisotopic (exact) mass is 246 g/mol. The van der Waals surface area contributed by atoms with Crippen molar-refractivity contribution in [2.75, 3.05) is 0 Å². The van der Waals surface area contributed by atoms with E-state index in [1.54, 1.807) is 6.08 Å². The molecule has 18 heavy (non-hydrogen) atoms. The molecule has 0 bridgehead atoms. The third-order valence-corrected chi connectivity index (χ3v) is 3.42. The van der Waals surface area contributed by atoms with E-state index in [4.69, 9.17) is 0 Å². The minimum absolute atomic E-state index is 0.344. The lowest BCUT2D eigenvalue weighted by Gasteiger charge is -2.18. The summed E-state index contributed by atoms with van der Waals surface area (Å²) in [6.45, 7) is 6.03. The van der Waals surface area contributed by atoms with Gasteiger partial charge in [-0.1, -0.05) is 50.6 Å². The van der Waals surface area contributed by atoms with E-state index in [0.29, 0.717) is 11.7 Å². The third-order valence-electron chi connectivity index (χ3n) is 3.42. The lowest BCUT2D eigenvalue weighted by atomic mass is 9.88. The van der Waals surface area contributed by atoms with Crippen LogP contribution in [0.15, 0.2) is 48.3 Å². The third kappa shape index (κ3) is 4.95. The Kier molecular flexibility index (Phi) is 7.24. The molecule has 1 nitrogen and oxygen atoms in total. The van der Waals surface area contributed by atoms with Crippen LogP contribution in [0.4, 0.5) is 0 Å². The SMILES string of the molecule is C=C/C(=C(O)\C=C\CCCCC)C1C=CCCC1. The van der Waals surface area contributed by atoms with Gasteiger partial charge >= 0.3 is 0 Å². The second-order valence-electron chi connectivity index (χ2n) is 4.91. The molecule has 0 saturated carbocycles. The largest absolute Gasteiger partial charge is 0.508 e. The van der Waals surface area contributed by atoms with Crippen LogP contribution < -0.4 is 0 Å². The number of aliphatic hydroxyl groups is 1. The topological polar surface area (TPSA) is 20.2 Å². The van der Waals surface area contributed by atoms with Crippen molar-refractivity contribution in [1.29, 1.82) is 0 Å². The second kappa shape index (κ2) is 8.79. The zero-order valence-corrected chi connectivity index (χ0v) is 11.6. The lowest BCUT2D eigenvalue weighted by Crippen LogP contribution is -2.05. The summed E-state index contributed by atoms with van der Waals surface area (Å²) in [5.41, 5.74) is 0.970. The van der Waals surface area contributed by atoms with Crippen LogP contribution in [0.5, 0.6) is 0 Å². The van der Waals surface area contributed by atoms with Crippen LogP contribution in [0, 0.1) is 5.92 Å². The van der Waals surface area contributed by atoms with Crippen LogP contribution in [0.3, 0.4) is 0 Å². The maximum atomic E-state index is 10.1. The first-order chi connectivity index (χ1) is 8.79. The van der Waals surface area contributed by atoms with E-state index in [0.717, 1.165) is 24.8 Å². The first-order valence-corrected chi connectivity index (χ1v) is 7.18. The molecule has 1 aliphatic rings. The number of hydrogen-bond acceptors (Lipinski definition) is 1. The van der Waals surface area contributed by atoms with Crippen LogP contribution in [0.2, 0.25) is 0 Å². The Morgan fingerprint density at radius 3 is 2.89 bits per heavy atom. The molecular formula is C17H26O. The standard InChI is InChI=1S/C17H26O/c1-3-5-6-7-11-14-17(18)16(4-2)15-12-9-8-10-13-15/h4,9,11-12,14-15,18H,2-3,5-8,10,13H2,1H3/b14-11+,17-16-. The van der Waals surface area contributed by atoms with Crippen molar-refractivity contribution >= 4 is 0 Å². The Morgan fingerprint density at radius 1 is 1.44 bits per heavy atom. The van der Waals surface area contributed by atoms with Gasteiger partial charge in [0.1, 0.15) is 5.76 Å². The number of unbranched alkanes of at least 4 members (excludes halogenated alkanes) is 3. The molecule has 0 aliphatic heterocycles. The van der Waals surface area contributed by atoms with Gasteiger partial charge in [-0.25, -0.2) is 0 Å². The van der Waals surface area contributed by atoms with Gasteiger partial charge in [0.25, 0.3) is 0 Å². The van der Waals surface area contributed by atoms with Gasteiger partial charge in [-0.2, -0.15) is 0 Å². The summed E-state index contributed by atoms with van der Waals surface area (Å²) in [6.07, 6.45) is 18.3. The normalized spacial score (nSPS) is 21.1. The molecule has 1 aliphatic carbocycles. The van der Waals surface area contributed by atoms with Gasteiger partial charge < -0.3 is 5.11 Å². The molecule has 1 unspecified atom stereocenters. The van der Waals surface area contributed by atoms with Crippen molar-refractivity contribution in [2.24, 2.45) is 5.92 Å². The van der Waals surface area contributed by atoms with Gasteiger partial charge in [-0.05, 0) is 38.2 Å². The number of aliphatic hydroxyl groups excluding tert-OH is 1. The predicted molar refractivity (Wildman–Crippen MR) is 79.6 cm³/mol. The maximum Gasteiger partial charge on any atom is 0.119 e. The zero-order chi connectivity index (χ0) is 13.2. The summed E-state index contributed by atoms with van der Waals surface area (Å²) in [4.78, 5) is 0. The smallest absolute Gasteiger partial charge is 0.119 e. The molecule has 0 aromatic heterocycles. The molecule has 0 amide bonds. The van der Waals surface area contributed by atoms with Crippen molar-refractivity contribution < 1.29 is 5.11 Å². The first-order valence-electron chi connectivity index (χ1n) is 7.18. The number of hydrogen-bond donors (Lipinski definition) is 1. The van der Waals surface area contributed by atoms with Gasteiger partial charge in [0.05, 0.1) is 0 Å². The van der Waals surface area contributed by atoms with E-state index in [1.165, 1.54) is 25.7 Å². The van der Waals surface area contributed by atoms with Crippen molar-refractivity contribution in [3.8, 4) is 0 Å². The lowest BCUT2D eigenvalue weighted by molar-refractivity contribution is 0.417. The maximum absolute atomic E-state index is 10.1. The minimum atomic E-state index is 0.344. The molecule has 0 saturated heterocycles. The van der Waals surface area contributed by atoms with E-state index in [-0.39, 0.29) is 0 Å². The summed E-state index contributed by atoms with van der Waals surface area (Å²) >= 11 is 0. The van der Waals surface area contributed by atoms with Crippen LogP contribution in [0.25, 0.3) is 0 Å². The molecule has 0 spiro atoms. The van der Waals surface area contributed by atoms with Crippen molar-refractivity contribution in [3.05, 3.63) is 48.3 Å². The Labute approximate surface area is 112 Å². The van der Waals surface area contributed by atoms with E-state index in [2.05, 4.69) is 31.7 Å². The molecule has 0 heterocycles.